The van der Waals surface area contributed by atoms with Crippen molar-refractivity contribution in [1.82, 2.24) is 4.90 Å². The van der Waals surface area contributed by atoms with E-state index in [-0.39, 0.29) is 11.6 Å². The van der Waals surface area contributed by atoms with E-state index in [1.54, 1.807) is 30.3 Å². The molecule has 0 bridgehead atoms. The molecule has 2 aromatic rings. The highest BCUT2D eigenvalue weighted by Gasteiger charge is 2.18. The van der Waals surface area contributed by atoms with Gasteiger partial charge in [-0.05, 0) is 43.0 Å². The first-order chi connectivity index (χ1) is 13.2. The molecule has 0 aromatic heterocycles. The van der Waals surface area contributed by atoms with E-state index in [9.17, 15) is 14.4 Å². The number of benzene rings is 2. The standard InChI is InChI=1S/C23H21FN2O/c24-20-11-9-18(10-12-20)22(23(27)19-7-3-1-4-8-19)17-21(13-14-25)26-15-5-2-6-16-26/h1,3-4,7-13,17H,2,5-6,15-16H2/b21-13+,22-17+. The molecule has 1 aliphatic heterocycles. The molecule has 3 rings (SSSR count). The smallest absolute Gasteiger partial charge is 0.193 e. The number of nitrogens with zero attached hydrogens (tertiary/aromatic N) is 2. The number of carbonyl (C=O) groups excluding carboxylic acids is 1. The van der Waals surface area contributed by atoms with Gasteiger partial charge in [-0.1, -0.05) is 42.5 Å². The summed E-state index contributed by atoms with van der Waals surface area (Å²) >= 11 is 0. The van der Waals surface area contributed by atoms with Crippen LogP contribution in [0.25, 0.3) is 5.57 Å². The van der Waals surface area contributed by atoms with Crippen molar-refractivity contribution >= 4 is 11.4 Å². The van der Waals surface area contributed by atoms with Gasteiger partial charge in [0.15, 0.2) is 5.78 Å². The van der Waals surface area contributed by atoms with Crippen LogP contribution in [0, 0.1) is 17.1 Å². The minimum absolute atomic E-state index is 0.150. The normalized spacial score (nSPS) is 15.3. The molecule has 1 fully saturated rings. The van der Waals surface area contributed by atoms with Crippen molar-refractivity contribution in [2.75, 3.05) is 13.1 Å². The lowest BCUT2D eigenvalue weighted by Crippen LogP contribution is -2.28. The first-order valence-electron chi connectivity index (χ1n) is 9.11. The topological polar surface area (TPSA) is 44.1 Å². The Morgan fingerprint density at radius 3 is 2.26 bits per heavy atom. The Morgan fingerprint density at radius 2 is 1.63 bits per heavy atom. The van der Waals surface area contributed by atoms with Gasteiger partial charge in [0.05, 0.1) is 6.07 Å². The van der Waals surface area contributed by atoms with Crippen molar-refractivity contribution in [3.05, 3.63) is 89.4 Å². The molecular weight excluding hydrogens is 339 g/mol. The summed E-state index contributed by atoms with van der Waals surface area (Å²) in [4.78, 5) is 15.3. The predicted octanol–water partition coefficient (Wildman–Crippen LogP) is 4.99. The van der Waals surface area contributed by atoms with E-state index < -0.39 is 0 Å². The molecule has 0 amide bonds. The van der Waals surface area contributed by atoms with E-state index in [2.05, 4.69) is 11.0 Å². The second-order valence-electron chi connectivity index (χ2n) is 6.51. The molecule has 0 N–H and O–H groups in total. The number of Topliss-reactive ketones (excluding diaryl/α,β-unsaturated/α-hetero) is 1. The molecule has 1 aliphatic rings. The zero-order valence-corrected chi connectivity index (χ0v) is 15.1. The fourth-order valence-electron chi connectivity index (χ4n) is 3.24. The fourth-order valence-corrected chi connectivity index (χ4v) is 3.24. The summed E-state index contributed by atoms with van der Waals surface area (Å²) in [7, 11) is 0. The summed E-state index contributed by atoms with van der Waals surface area (Å²) in [6, 6.07) is 17.0. The van der Waals surface area contributed by atoms with Crippen molar-refractivity contribution in [1.29, 1.82) is 5.26 Å². The number of hydrogen-bond donors (Lipinski definition) is 0. The third-order valence-electron chi connectivity index (χ3n) is 4.66. The van der Waals surface area contributed by atoms with Gasteiger partial charge in [-0.15, -0.1) is 0 Å². The molecule has 0 spiro atoms. The van der Waals surface area contributed by atoms with E-state index in [1.807, 2.05) is 18.2 Å². The average Bonchev–Trinajstić information content (AvgIpc) is 2.73. The SMILES string of the molecule is N#C/C=C(\C=C(\C(=O)c1ccccc1)c1ccc(F)cc1)N1CCCCC1. The number of halogens is 1. The van der Waals surface area contributed by atoms with Crippen LogP contribution in [-0.4, -0.2) is 23.8 Å². The summed E-state index contributed by atoms with van der Waals surface area (Å²) in [5.41, 5.74) is 2.36. The largest absolute Gasteiger partial charge is 0.371 e. The predicted molar refractivity (Wildman–Crippen MR) is 104 cm³/mol. The molecule has 0 saturated carbocycles. The lowest BCUT2D eigenvalue weighted by atomic mass is 9.95. The van der Waals surface area contributed by atoms with Crippen LogP contribution in [0.15, 0.2) is 72.4 Å². The van der Waals surface area contributed by atoms with Gasteiger partial charge in [0.25, 0.3) is 0 Å². The van der Waals surface area contributed by atoms with Gasteiger partial charge in [-0.25, -0.2) is 4.39 Å². The Bertz CT molecular complexity index is 886. The summed E-state index contributed by atoms with van der Waals surface area (Å²) in [5.74, 6) is -0.503. The molecule has 0 atom stereocenters. The van der Waals surface area contributed by atoms with Gasteiger partial charge in [0.2, 0.25) is 0 Å². The second kappa shape index (κ2) is 8.95. The monoisotopic (exact) mass is 360 g/mol. The maximum atomic E-state index is 13.4. The molecule has 0 radical (unpaired) electrons. The van der Waals surface area contributed by atoms with Crippen LogP contribution in [0.1, 0.15) is 35.2 Å². The Labute approximate surface area is 159 Å². The molecule has 0 unspecified atom stereocenters. The lowest BCUT2D eigenvalue weighted by Gasteiger charge is -2.29. The Kier molecular flexibility index (Phi) is 6.17. The van der Waals surface area contributed by atoms with Gasteiger partial charge in [-0.3, -0.25) is 4.79 Å². The highest BCUT2D eigenvalue weighted by molar-refractivity contribution is 6.29. The quantitative estimate of drug-likeness (QED) is 0.327. The number of hydrogen-bond acceptors (Lipinski definition) is 3. The third-order valence-corrected chi connectivity index (χ3v) is 4.66. The lowest BCUT2D eigenvalue weighted by molar-refractivity contribution is 0.105. The van der Waals surface area contributed by atoms with Gasteiger partial charge in [-0.2, -0.15) is 5.26 Å². The molecule has 136 valence electrons. The maximum Gasteiger partial charge on any atom is 0.193 e. The summed E-state index contributed by atoms with van der Waals surface area (Å²) in [5, 5.41) is 9.23. The Balaban J connectivity index is 2.06. The number of piperidine rings is 1. The van der Waals surface area contributed by atoms with Crippen LogP contribution in [-0.2, 0) is 0 Å². The van der Waals surface area contributed by atoms with Crippen LogP contribution >= 0.6 is 0 Å². The molecule has 0 aliphatic carbocycles. The van der Waals surface area contributed by atoms with Gasteiger partial charge in [0.1, 0.15) is 5.82 Å². The van der Waals surface area contributed by atoms with Gasteiger partial charge < -0.3 is 4.90 Å². The zero-order valence-electron chi connectivity index (χ0n) is 15.1. The van der Waals surface area contributed by atoms with Crippen LogP contribution in [0.2, 0.25) is 0 Å². The van der Waals surface area contributed by atoms with E-state index in [0.29, 0.717) is 16.7 Å². The fraction of sp³-hybridized carbons (Fsp3) is 0.217. The highest BCUT2D eigenvalue weighted by atomic mass is 19.1. The Hall–Kier alpha value is -3.19. The average molecular weight is 360 g/mol. The molecule has 3 nitrogen and oxygen atoms in total. The van der Waals surface area contributed by atoms with Crippen molar-refractivity contribution in [2.45, 2.75) is 19.3 Å². The van der Waals surface area contributed by atoms with Crippen LogP contribution in [0.3, 0.4) is 0 Å². The molecule has 1 heterocycles. The Morgan fingerprint density at radius 1 is 0.963 bits per heavy atom. The van der Waals surface area contributed by atoms with Crippen molar-refractivity contribution in [3.63, 3.8) is 0 Å². The van der Waals surface area contributed by atoms with Gasteiger partial charge >= 0.3 is 0 Å². The van der Waals surface area contributed by atoms with Crippen LogP contribution < -0.4 is 0 Å². The first-order valence-corrected chi connectivity index (χ1v) is 9.11. The molecule has 2 aromatic carbocycles. The van der Waals surface area contributed by atoms with Crippen molar-refractivity contribution < 1.29 is 9.18 Å². The third kappa shape index (κ3) is 4.71. The summed E-state index contributed by atoms with van der Waals surface area (Å²) in [6.07, 6.45) is 6.54. The number of allylic oxidation sites excluding steroid dienone is 3. The number of ketones is 1. The summed E-state index contributed by atoms with van der Waals surface area (Å²) < 4.78 is 13.4. The van der Waals surface area contributed by atoms with E-state index in [1.165, 1.54) is 24.6 Å². The van der Waals surface area contributed by atoms with E-state index in [4.69, 9.17) is 0 Å². The number of nitriles is 1. The first kappa shape index (κ1) is 18.6. The molecule has 1 saturated heterocycles. The minimum atomic E-state index is -0.353. The van der Waals surface area contributed by atoms with Crippen molar-refractivity contribution in [2.24, 2.45) is 0 Å². The summed E-state index contributed by atoms with van der Waals surface area (Å²) in [6.45, 7) is 1.72. The molecule has 4 heteroatoms. The minimum Gasteiger partial charge on any atom is -0.371 e. The maximum absolute atomic E-state index is 13.4. The van der Waals surface area contributed by atoms with Gasteiger partial charge in [0, 0.05) is 36.0 Å². The van der Waals surface area contributed by atoms with Crippen LogP contribution in [0.5, 0.6) is 0 Å². The number of rotatable bonds is 5. The van der Waals surface area contributed by atoms with Crippen molar-refractivity contribution in [3.8, 4) is 6.07 Å². The number of carbonyl (C=O) groups is 1. The second-order valence-corrected chi connectivity index (χ2v) is 6.51. The molecule has 27 heavy (non-hydrogen) atoms. The van der Waals surface area contributed by atoms with Crippen LogP contribution in [0.4, 0.5) is 4.39 Å². The highest BCUT2D eigenvalue weighted by Crippen LogP contribution is 2.25. The van der Waals surface area contributed by atoms with E-state index >= 15 is 0 Å². The molecular formula is C23H21FN2O. The zero-order chi connectivity index (χ0) is 19.1. The van der Waals surface area contributed by atoms with E-state index in [0.717, 1.165) is 31.6 Å². The number of likely N-dealkylation sites (tertiary alicyclic amines) is 1.